The van der Waals surface area contributed by atoms with E-state index in [0.717, 1.165) is 27.1 Å². The average molecular weight is 1140 g/mol. The van der Waals surface area contributed by atoms with Crippen molar-refractivity contribution < 1.29 is 71.8 Å². The first kappa shape index (κ1) is 56.0. The maximum absolute atomic E-state index is 14.4. The number of alkyl halides is 1. The molecule has 1 saturated heterocycles. The topological polar surface area (TPSA) is 294 Å². The highest BCUT2D eigenvalue weighted by Crippen LogP contribution is 2.70. The fourth-order valence-electron chi connectivity index (χ4n) is 12.0. The van der Waals surface area contributed by atoms with E-state index < -0.39 is 104 Å². The molecule has 8 N–H and O–H groups in total. The summed E-state index contributed by atoms with van der Waals surface area (Å²) in [7, 11) is -5.03. The van der Waals surface area contributed by atoms with Crippen molar-refractivity contribution in [3.05, 3.63) is 117 Å². The molecule has 402 valence electrons. The molecule has 1 aromatic heterocycles. The Morgan fingerprint density at radius 2 is 1.60 bits per heavy atom. The normalized spacial score (nSPS) is 27.9. The zero-order chi connectivity index (χ0) is 53.7. The number of Topliss-reactive ketones (excluding diaryl/α,β-unsaturated/α-hetero) is 1. The molecule has 4 fully saturated rings. The number of phosphoric ester groups is 1. The third kappa shape index (κ3) is 12.6. The van der Waals surface area contributed by atoms with Gasteiger partial charge in [-0.15, -0.1) is 11.3 Å². The quantitative estimate of drug-likeness (QED) is 0.0311. The van der Waals surface area contributed by atoms with Gasteiger partial charge in [-0.1, -0.05) is 96.0 Å². The number of fused-ring (bicyclic) bond motifs is 7. The van der Waals surface area contributed by atoms with Gasteiger partial charge in [0.25, 0.3) is 0 Å². The van der Waals surface area contributed by atoms with Crippen molar-refractivity contribution in [3.63, 3.8) is 0 Å². The zero-order valence-corrected chi connectivity index (χ0v) is 44.6. The fraction of sp³-hybridized carbons (Fsp3) is 0.481. The fourth-order valence-corrected chi connectivity index (χ4v) is 13.4. The first-order valence-electron chi connectivity index (χ1n) is 24.6. The number of ether oxygens (including phenoxy) is 3. The lowest BCUT2D eigenvalue weighted by molar-refractivity contribution is -0.200. The van der Waals surface area contributed by atoms with E-state index in [9.17, 15) is 53.0 Å². The number of rotatable bonds is 22. The summed E-state index contributed by atoms with van der Waals surface area (Å²) in [4.78, 5) is 109. The molecule has 8 rings (SSSR count). The summed E-state index contributed by atoms with van der Waals surface area (Å²) in [5, 5.41) is 26.4. The van der Waals surface area contributed by atoms with Crippen LogP contribution in [0.15, 0.2) is 89.8 Å². The number of allylic oxidation sites excluding steroid dienone is 4. The Balaban J connectivity index is 0.820. The number of hydrogen-bond acceptors (Lipinski definition) is 14. The smallest absolute Gasteiger partial charge is 0.393 e. The van der Waals surface area contributed by atoms with Crippen molar-refractivity contribution in [1.29, 1.82) is 0 Å². The zero-order valence-electron chi connectivity index (χ0n) is 41.3. The van der Waals surface area contributed by atoms with E-state index in [1.54, 1.807) is 42.5 Å². The second kappa shape index (κ2) is 23.5. The van der Waals surface area contributed by atoms with Gasteiger partial charge in [-0.3, -0.25) is 38.1 Å². The van der Waals surface area contributed by atoms with Gasteiger partial charge in [0.15, 0.2) is 23.5 Å². The predicted octanol–water partition coefficient (Wildman–Crippen LogP) is 3.12. The number of halogens is 1. The molecule has 20 nitrogen and oxygen atoms in total. The molecule has 75 heavy (non-hydrogen) atoms. The van der Waals surface area contributed by atoms with E-state index >= 15 is 0 Å². The van der Waals surface area contributed by atoms with Gasteiger partial charge >= 0.3 is 7.82 Å². The van der Waals surface area contributed by atoms with E-state index in [1.807, 2.05) is 48.7 Å². The molecular formula is C52H61BrN5O15PS. The summed E-state index contributed by atoms with van der Waals surface area (Å²) >= 11 is 4.46. The molecule has 10 atom stereocenters. The summed E-state index contributed by atoms with van der Waals surface area (Å²) in [5.41, 5.74) is 1.02. The Morgan fingerprint density at radius 3 is 2.33 bits per heavy atom. The molecule has 0 spiro atoms. The number of hydrogen-bond donors (Lipinski definition) is 8. The number of aliphatic hydroxyl groups is 1. The van der Waals surface area contributed by atoms with Crippen LogP contribution < -0.4 is 26.6 Å². The number of aliphatic hydroxyl groups excluding tert-OH is 1. The van der Waals surface area contributed by atoms with Crippen LogP contribution in [-0.2, 0) is 76.3 Å². The molecule has 2 aromatic carbocycles. The molecule has 3 aromatic rings. The van der Waals surface area contributed by atoms with E-state index in [-0.39, 0.29) is 61.6 Å². The van der Waals surface area contributed by atoms with E-state index in [2.05, 4.69) is 49.4 Å². The van der Waals surface area contributed by atoms with Gasteiger partial charge in [0.05, 0.1) is 43.8 Å². The molecule has 5 aliphatic rings. The minimum atomic E-state index is -5.03. The van der Waals surface area contributed by atoms with Crippen molar-refractivity contribution in [2.75, 3.05) is 38.3 Å². The first-order valence-corrected chi connectivity index (χ1v) is 28.1. The Hall–Kier alpha value is -5.26. The van der Waals surface area contributed by atoms with E-state index in [4.69, 9.17) is 18.7 Å². The monoisotopic (exact) mass is 1140 g/mol. The van der Waals surface area contributed by atoms with Crippen molar-refractivity contribution in [1.82, 2.24) is 26.6 Å². The van der Waals surface area contributed by atoms with Gasteiger partial charge < -0.3 is 55.7 Å². The molecule has 1 aliphatic heterocycles. The van der Waals surface area contributed by atoms with Crippen LogP contribution in [0.3, 0.4) is 0 Å². The molecule has 0 unspecified atom stereocenters. The molecule has 5 amide bonds. The second-order valence-corrected chi connectivity index (χ2v) is 22.9. The maximum Gasteiger partial charge on any atom is 0.470 e. The first-order chi connectivity index (χ1) is 35.7. The van der Waals surface area contributed by atoms with Crippen molar-refractivity contribution in [3.8, 4) is 0 Å². The summed E-state index contributed by atoms with van der Waals surface area (Å²) in [6.07, 6.45) is 5.10. The molecule has 4 aliphatic carbocycles. The summed E-state index contributed by atoms with van der Waals surface area (Å²) < 4.78 is 35.8. The van der Waals surface area contributed by atoms with Crippen LogP contribution in [-0.4, -0.2) is 118 Å². The van der Waals surface area contributed by atoms with Gasteiger partial charge in [0, 0.05) is 40.0 Å². The Labute approximate surface area is 445 Å². The molecule has 0 radical (unpaired) electrons. The van der Waals surface area contributed by atoms with Gasteiger partial charge in [0.1, 0.15) is 19.4 Å². The number of benzene rings is 2. The van der Waals surface area contributed by atoms with Gasteiger partial charge in [-0.2, -0.15) is 0 Å². The second-order valence-electron chi connectivity index (χ2n) is 20.1. The number of amides is 5. The number of carbonyl (C=O) groups excluding carboxylic acids is 7. The average Bonchev–Trinajstić information content (AvgIpc) is 4.10. The lowest BCUT2D eigenvalue weighted by atomic mass is 9.46. The minimum absolute atomic E-state index is 0.0161. The number of phosphoric acid groups is 1. The molecule has 0 bridgehead atoms. The number of nitrogens with one attached hydrogen (secondary N) is 5. The largest absolute Gasteiger partial charge is 0.470 e. The van der Waals surface area contributed by atoms with Crippen LogP contribution in [0.5, 0.6) is 0 Å². The predicted molar refractivity (Wildman–Crippen MR) is 274 cm³/mol. The Morgan fingerprint density at radius 1 is 0.907 bits per heavy atom. The van der Waals surface area contributed by atoms with Crippen LogP contribution in [0.2, 0.25) is 0 Å². The van der Waals surface area contributed by atoms with Gasteiger partial charge in [-0.05, 0) is 77.8 Å². The SMILES string of the molecule is C[C@]12C=CC(=O)C=C1CC[C@@H]1[C@@H]2[C@@H](O)C[C@@]2(C)[C@H]1C[C@H]1O[C@@H](c3csc(Cc4ccc(COCNC(=O)CNC(=O)[C@H](Cc5ccccc5)NC(=O)CNC(=O)CNC(=O)CBr)cc4)c3)O[C@]12C(=O)COP(=O)(O)O. The third-order valence-corrected chi connectivity index (χ3v) is 17.3. The van der Waals surface area contributed by atoms with Crippen molar-refractivity contribution in [2.45, 2.75) is 89.1 Å². The van der Waals surface area contributed by atoms with Crippen LogP contribution in [0, 0.1) is 28.6 Å². The number of thiophene rings is 1. The van der Waals surface area contributed by atoms with Crippen molar-refractivity contribution in [2.24, 2.45) is 28.6 Å². The third-order valence-electron chi connectivity index (χ3n) is 15.4. The molecular weight excluding hydrogens is 1080 g/mol. The number of carbonyl (C=O) groups is 7. The molecule has 2 heterocycles. The summed E-state index contributed by atoms with van der Waals surface area (Å²) in [5.74, 6) is -3.96. The molecule has 23 heteroatoms. The molecule has 3 saturated carbocycles. The van der Waals surface area contributed by atoms with Crippen LogP contribution in [0.4, 0.5) is 0 Å². The summed E-state index contributed by atoms with van der Waals surface area (Å²) in [6.45, 7) is 1.93. The maximum atomic E-state index is 14.4. The highest BCUT2D eigenvalue weighted by atomic mass is 79.9. The van der Waals surface area contributed by atoms with Crippen LogP contribution >= 0.6 is 35.1 Å². The standard InChI is InChI=1S/C52H61BrN5O15PS/c1-50-15-14-35(59)19-34(50)12-13-37-38-20-42-52(41(61)27-71-74(67,68)69,51(38,2)21-40(60)47(37)50)73-49(72-42)33-18-36(75-28-33)16-31-8-10-32(11-9-31)26-70-29-57-45(64)24-56-48(66)39(17-30-6-4-3-5-7-30)58-46(65)25-55-44(63)23-54-43(62)22-53/h3-11,14-15,18-19,28,37-40,42,47,49,60H,12-13,16-17,20-27,29H2,1-2H3,(H,54,62)(H,55,63)(H,56,66)(H,57,64)(H,58,65)(H2,67,68,69)/t37-,38-,39-,40-,42+,47+,49+,50-,51-,52+/m0/s1. The Kier molecular flexibility index (Phi) is 17.6. The highest BCUT2D eigenvalue weighted by Gasteiger charge is 2.76. The van der Waals surface area contributed by atoms with Crippen LogP contribution in [0.25, 0.3) is 0 Å². The summed E-state index contributed by atoms with van der Waals surface area (Å²) in [6, 6.07) is 17.5. The van der Waals surface area contributed by atoms with E-state index in [1.165, 1.54) is 11.3 Å². The lowest BCUT2D eigenvalue weighted by Gasteiger charge is -2.59. The Bertz CT molecular complexity index is 2770. The van der Waals surface area contributed by atoms with E-state index in [0.29, 0.717) is 31.2 Å². The van der Waals surface area contributed by atoms with Gasteiger partial charge in [-0.25, -0.2) is 4.57 Å². The lowest BCUT2D eigenvalue weighted by Crippen LogP contribution is -2.63. The van der Waals surface area contributed by atoms with Crippen LogP contribution in [0.1, 0.15) is 73.0 Å². The minimum Gasteiger partial charge on any atom is -0.393 e. The van der Waals surface area contributed by atoms with Gasteiger partial charge in [0.2, 0.25) is 29.5 Å². The van der Waals surface area contributed by atoms with Crippen molar-refractivity contribution >= 4 is 76.2 Å². The number of ketones is 2. The highest BCUT2D eigenvalue weighted by molar-refractivity contribution is 9.09.